The van der Waals surface area contributed by atoms with E-state index >= 15 is 0 Å². The van der Waals surface area contributed by atoms with Crippen molar-refractivity contribution in [3.8, 4) is 0 Å². The van der Waals surface area contributed by atoms with Gasteiger partial charge in [-0.1, -0.05) is 6.08 Å². The molecule has 0 saturated heterocycles. The maximum Gasteiger partial charge on any atom is 0.345 e. The predicted octanol–water partition coefficient (Wildman–Crippen LogP) is 1.28. The number of methoxy groups -OCH3 is 2. The van der Waals surface area contributed by atoms with Crippen LogP contribution in [0.2, 0.25) is 0 Å². The van der Waals surface area contributed by atoms with Crippen molar-refractivity contribution in [3.63, 3.8) is 0 Å². The Morgan fingerprint density at radius 3 is 1.94 bits per heavy atom. The first-order valence-electron chi connectivity index (χ1n) is 5.32. The van der Waals surface area contributed by atoms with Gasteiger partial charge in [0.05, 0.1) is 14.2 Å². The van der Waals surface area contributed by atoms with Gasteiger partial charge in [0.1, 0.15) is 5.57 Å². The van der Waals surface area contributed by atoms with E-state index in [1.807, 2.05) is 25.2 Å². The monoisotopic (exact) mass is 253 g/mol. The lowest BCUT2D eigenvalue weighted by Crippen LogP contribution is -2.15. The number of esters is 2. The van der Waals surface area contributed by atoms with E-state index in [0.29, 0.717) is 0 Å². The van der Waals surface area contributed by atoms with Crippen LogP contribution in [0.3, 0.4) is 0 Å². The number of ether oxygens (including phenoxy) is 2. The Balaban J connectivity index is 5.06. The highest BCUT2D eigenvalue weighted by Crippen LogP contribution is 2.06. The summed E-state index contributed by atoms with van der Waals surface area (Å²) in [5, 5.41) is 0. The highest BCUT2D eigenvalue weighted by molar-refractivity contribution is 6.14. The second kappa shape index (κ2) is 8.11. The summed E-state index contributed by atoms with van der Waals surface area (Å²) in [6, 6.07) is 0. The van der Waals surface area contributed by atoms with Gasteiger partial charge in [-0.15, -0.1) is 0 Å². The van der Waals surface area contributed by atoms with Crippen molar-refractivity contribution in [2.75, 3.05) is 28.3 Å². The zero-order valence-corrected chi connectivity index (χ0v) is 11.4. The molecule has 5 heteroatoms. The minimum Gasteiger partial charge on any atom is -0.465 e. The summed E-state index contributed by atoms with van der Waals surface area (Å²) in [6.07, 6.45) is 6.84. The minimum atomic E-state index is -0.716. The maximum atomic E-state index is 11.4. The summed E-state index contributed by atoms with van der Waals surface area (Å²) < 4.78 is 9.03. The van der Waals surface area contributed by atoms with E-state index in [2.05, 4.69) is 9.47 Å². The molecule has 0 fully saturated rings. The van der Waals surface area contributed by atoms with Gasteiger partial charge in [0.2, 0.25) is 0 Å². The van der Waals surface area contributed by atoms with Crippen LogP contribution in [0.15, 0.2) is 35.6 Å². The number of rotatable bonds is 5. The molecule has 5 nitrogen and oxygen atoms in total. The largest absolute Gasteiger partial charge is 0.465 e. The lowest BCUT2D eigenvalue weighted by molar-refractivity contribution is -0.144. The third kappa shape index (κ3) is 5.89. The summed E-state index contributed by atoms with van der Waals surface area (Å²) in [5.74, 6) is -1.43. The van der Waals surface area contributed by atoms with Gasteiger partial charge in [0, 0.05) is 14.1 Å². The fraction of sp³-hybridized carbons (Fsp3) is 0.385. The summed E-state index contributed by atoms with van der Waals surface area (Å²) >= 11 is 0. The molecular formula is C13H19NO4. The van der Waals surface area contributed by atoms with E-state index in [4.69, 9.17) is 0 Å². The Morgan fingerprint density at radius 1 is 1.06 bits per heavy atom. The fourth-order valence-corrected chi connectivity index (χ4v) is 1.06. The van der Waals surface area contributed by atoms with Crippen LogP contribution >= 0.6 is 0 Å². The summed E-state index contributed by atoms with van der Waals surface area (Å²) in [4.78, 5) is 24.6. The SMILES string of the molecule is COC(=O)C(=CC(C)=CC=CN(C)C)C(=O)OC. The van der Waals surface area contributed by atoms with Crippen LogP contribution in [-0.4, -0.2) is 45.2 Å². The number of nitrogens with zero attached hydrogens (tertiary/aromatic N) is 1. The summed E-state index contributed by atoms with van der Waals surface area (Å²) in [7, 11) is 6.21. The predicted molar refractivity (Wildman–Crippen MR) is 68.7 cm³/mol. The quantitative estimate of drug-likeness (QED) is 0.243. The van der Waals surface area contributed by atoms with E-state index in [9.17, 15) is 9.59 Å². The molecule has 0 heterocycles. The van der Waals surface area contributed by atoms with Crippen LogP contribution < -0.4 is 0 Å². The van der Waals surface area contributed by atoms with Crippen molar-refractivity contribution in [1.82, 2.24) is 4.90 Å². The van der Waals surface area contributed by atoms with Crippen molar-refractivity contribution >= 4 is 11.9 Å². The van der Waals surface area contributed by atoms with Crippen LogP contribution in [0.5, 0.6) is 0 Å². The van der Waals surface area contributed by atoms with Gasteiger partial charge in [-0.05, 0) is 30.8 Å². The smallest absolute Gasteiger partial charge is 0.345 e. The molecule has 0 aliphatic heterocycles. The minimum absolute atomic E-state index is 0.132. The second-order valence-corrected chi connectivity index (χ2v) is 3.76. The van der Waals surface area contributed by atoms with Crippen molar-refractivity contribution in [2.45, 2.75) is 6.92 Å². The molecule has 0 aliphatic rings. The van der Waals surface area contributed by atoms with E-state index in [-0.39, 0.29) is 5.57 Å². The number of carbonyl (C=O) groups is 2. The topological polar surface area (TPSA) is 55.8 Å². The van der Waals surface area contributed by atoms with Crippen LogP contribution in [0, 0.1) is 0 Å². The Bertz CT molecular complexity index is 374. The van der Waals surface area contributed by atoms with Gasteiger partial charge in [0.15, 0.2) is 0 Å². The Hall–Kier alpha value is -2.04. The Kier molecular flexibility index (Phi) is 7.19. The zero-order chi connectivity index (χ0) is 14.1. The van der Waals surface area contributed by atoms with E-state index in [1.165, 1.54) is 20.3 Å². The first-order valence-corrected chi connectivity index (χ1v) is 5.32. The second-order valence-electron chi connectivity index (χ2n) is 3.76. The number of hydrogen-bond donors (Lipinski definition) is 0. The standard InChI is InChI=1S/C13H19NO4/c1-10(7-6-8-14(2)3)9-11(12(15)17-4)13(16)18-5/h6-9H,1-5H3. The highest BCUT2D eigenvalue weighted by Gasteiger charge is 2.19. The Labute approximate surface area is 107 Å². The molecule has 0 bridgehead atoms. The molecule has 0 spiro atoms. The van der Waals surface area contributed by atoms with Crippen LogP contribution in [0.25, 0.3) is 0 Å². The number of carbonyl (C=O) groups excluding carboxylic acids is 2. The third-order valence-corrected chi connectivity index (χ3v) is 1.93. The van der Waals surface area contributed by atoms with Gasteiger partial charge >= 0.3 is 11.9 Å². The zero-order valence-electron chi connectivity index (χ0n) is 11.4. The van der Waals surface area contributed by atoms with Gasteiger partial charge in [-0.25, -0.2) is 9.59 Å². The lowest BCUT2D eigenvalue weighted by atomic mass is 10.1. The van der Waals surface area contributed by atoms with Crippen molar-refractivity contribution < 1.29 is 19.1 Å². The van der Waals surface area contributed by atoms with Crippen LogP contribution in [0.4, 0.5) is 0 Å². The van der Waals surface area contributed by atoms with Crippen LogP contribution in [0.1, 0.15) is 6.92 Å². The third-order valence-electron chi connectivity index (χ3n) is 1.93. The van der Waals surface area contributed by atoms with E-state index in [1.54, 1.807) is 19.1 Å². The lowest BCUT2D eigenvalue weighted by Gasteiger charge is -2.03. The molecule has 0 aliphatic carbocycles. The molecule has 0 unspecified atom stereocenters. The van der Waals surface area contributed by atoms with Crippen molar-refractivity contribution in [1.29, 1.82) is 0 Å². The number of allylic oxidation sites excluding steroid dienone is 4. The molecule has 18 heavy (non-hydrogen) atoms. The molecule has 0 N–H and O–H groups in total. The van der Waals surface area contributed by atoms with E-state index in [0.717, 1.165) is 5.57 Å². The summed E-state index contributed by atoms with van der Waals surface area (Å²) in [5.41, 5.74) is 0.603. The molecule has 100 valence electrons. The molecule has 0 aromatic carbocycles. The average Bonchev–Trinajstić information content (AvgIpc) is 2.33. The fourth-order valence-electron chi connectivity index (χ4n) is 1.06. The Morgan fingerprint density at radius 2 is 1.56 bits per heavy atom. The first kappa shape index (κ1) is 16.0. The molecule has 0 amide bonds. The van der Waals surface area contributed by atoms with Gasteiger partial charge in [-0.3, -0.25) is 0 Å². The molecular weight excluding hydrogens is 234 g/mol. The highest BCUT2D eigenvalue weighted by atomic mass is 16.5. The normalized spacial score (nSPS) is 11.1. The molecule has 0 aromatic rings. The van der Waals surface area contributed by atoms with E-state index < -0.39 is 11.9 Å². The van der Waals surface area contributed by atoms with Crippen molar-refractivity contribution in [2.24, 2.45) is 0 Å². The summed E-state index contributed by atoms with van der Waals surface area (Å²) in [6.45, 7) is 1.77. The average molecular weight is 253 g/mol. The molecule has 0 atom stereocenters. The maximum absolute atomic E-state index is 11.4. The van der Waals surface area contributed by atoms with Gasteiger partial charge in [-0.2, -0.15) is 0 Å². The van der Waals surface area contributed by atoms with Gasteiger partial charge in [0.25, 0.3) is 0 Å². The molecule has 0 aromatic heterocycles. The molecule has 0 saturated carbocycles. The number of hydrogen-bond acceptors (Lipinski definition) is 5. The molecule has 0 rings (SSSR count). The van der Waals surface area contributed by atoms with Gasteiger partial charge < -0.3 is 14.4 Å². The first-order chi connectivity index (χ1) is 8.42. The van der Waals surface area contributed by atoms with Crippen LogP contribution in [-0.2, 0) is 19.1 Å². The van der Waals surface area contributed by atoms with Crippen molar-refractivity contribution in [3.05, 3.63) is 35.6 Å². The molecule has 0 radical (unpaired) electrons.